The van der Waals surface area contributed by atoms with Crippen LogP contribution in [-0.4, -0.2) is 14.2 Å². The van der Waals surface area contributed by atoms with E-state index in [0.29, 0.717) is 10.8 Å². The predicted molar refractivity (Wildman–Crippen MR) is 63.5 cm³/mol. The molecule has 0 fully saturated rings. The lowest BCUT2D eigenvalue weighted by molar-refractivity contribution is 0.414. The van der Waals surface area contributed by atoms with Crippen molar-refractivity contribution in [2.45, 2.75) is 11.9 Å². The number of methoxy groups -OCH3 is 1. The fourth-order valence-electron chi connectivity index (χ4n) is 1.26. The summed E-state index contributed by atoms with van der Waals surface area (Å²) in [6, 6.07) is 3.84. The fourth-order valence-corrected chi connectivity index (χ4v) is 2.00. The minimum atomic E-state index is 0.117. The van der Waals surface area contributed by atoms with Crippen molar-refractivity contribution in [3.05, 3.63) is 28.3 Å². The van der Waals surface area contributed by atoms with Crippen LogP contribution < -0.4 is 10.1 Å². The first-order valence-electron chi connectivity index (χ1n) is 4.25. The van der Waals surface area contributed by atoms with E-state index in [9.17, 15) is 0 Å². The maximum absolute atomic E-state index is 6.03. The van der Waals surface area contributed by atoms with Gasteiger partial charge in [0.05, 0.1) is 17.1 Å². The largest absolute Gasteiger partial charge is 0.495 e. The van der Waals surface area contributed by atoms with Gasteiger partial charge in [-0.2, -0.15) is 0 Å². The molecule has 1 aromatic carbocycles. The van der Waals surface area contributed by atoms with Crippen LogP contribution >= 0.6 is 27.5 Å². The van der Waals surface area contributed by atoms with Gasteiger partial charge in [0.1, 0.15) is 5.75 Å². The van der Waals surface area contributed by atoms with Crippen LogP contribution in [0.5, 0.6) is 5.75 Å². The molecule has 1 unspecified atom stereocenters. The van der Waals surface area contributed by atoms with E-state index < -0.39 is 0 Å². The van der Waals surface area contributed by atoms with Gasteiger partial charge >= 0.3 is 0 Å². The Balaban J connectivity index is 3.14. The van der Waals surface area contributed by atoms with Crippen LogP contribution in [0.1, 0.15) is 16.1 Å². The van der Waals surface area contributed by atoms with Crippen molar-refractivity contribution in [2.24, 2.45) is 0 Å². The fraction of sp³-hybridized carbons (Fsp3) is 0.400. The number of benzene rings is 1. The van der Waals surface area contributed by atoms with Crippen LogP contribution in [0, 0.1) is 6.92 Å². The molecule has 4 heteroatoms. The van der Waals surface area contributed by atoms with Gasteiger partial charge in [-0.15, -0.1) is 0 Å². The van der Waals surface area contributed by atoms with Crippen LogP contribution in [0.15, 0.2) is 12.1 Å². The zero-order chi connectivity index (χ0) is 10.7. The maximum atomic E-state index is 6.03. The molecule has 1 aromatic rings. The summed E-state index contributed by atoms with van der Waals surface area (Å²) in [6.07, 6.45) is 0. The SMILES string of the molecule is CNC(Br)c1cc(Cl)c(OC)cc1C. The van der Waals surface area contributed by atoms with Crippen LogP contribution in [-0.2, 0) is 0 Å². The Morgan fingerprint density at radius 2 is 2.14 bits per heavy atom. The van der Waals surface area contributed by atoms with Crippen LogP contribution in [0.4, 0.5) is 0 Å². The average molecular weight is 279 g/mol. The highest BCUT2D eigenvalue weighted by molar-refractivity contribution is 9.09. The Kier molecular flexibility index (Phi) is 4.23. The van der Waals surface area contributed by atoms with Gasteiger partial charge in [0, 0.05) is 0 Å². The van der Waals surface area contributed by atoms with E-state index in [2.05, 4.69) is 21.2 Å². The lowest BCUT2D eigenvalue weighted by Crippen LogP contribution is -2.10. The van der Waals surface area contributed by atoms with Crippen LogP contribution in [0.25, 0.3) is 0 Å². The second kappa shape index (κ2) is 5.01. The molecule has 14 heavy (non-hydrogen) atoms. The van der Waals surface area contributed by atoms with Gasteiger partial charge < -0.3 is 10.1 Å². The van der Waals surface area contributed by atoms with E-state index in [1.54, 1.807) is 7.11 Å². The third-order valence-corrected chi connectivity index (χ3v) is 3.31. The Hall–Kier alpha value is -0.250. The molecule has 0 saturated carbocycles. The van der Waals surface area contributed by atoms with Crippen molar-refractivity contribution in [1.29, 1.82) is 0 Å². The van der Waals surface area contributed by atoms with E-state index in [-0.39, 0.29) is 4.95 Å². The monoisotopic (exact) mass is 277 g/mol. The first-order chi connectivity index (χ1) is 6.60. The first-order valence-corrected chi connectivity index (χ1v) is 5.55. The van der Waals surface area contributed by atoms with Crippen molar-refractivity contribution in [3.63, 3.8) is 0 Å². The summed E-state index contributed by atoms with van der Waals surface area (Å²) in [6.45, 7) is 2.03. The van der Waals surface area contributed by atoms with Crippen molar-refractivity contribution in [3.8, 4) is 5.75 Å². The summed E-state index contributed by atoms with van der Waals surface area (Å²) in [7, 11) is 3.50. The topological polar surface area (TPSA) is 21.3 Å². The van der Waals surface area contributed by atoms with Crippen molar-refractivity contribution < 1.29 is 4.74 Å². The molecular weight excluding hydrogens is 265 g/mol. The number of aryl methyl sites for hydroxylation is 1. The van der Waals surface area contributed by atoms with Crippen molar-refractivity contribution in [1.82, 2.24) is 5.32 Å². The summed E-state index contributed by atoms with van der Waals surface area (Å²) in [5.74, 6) is 0.712. The summed E-state index contributed by atoms with van der Waals surface area (Å²) < 4.78 is 5.13. The van der Waals surface area contributed by atoms with Crippen LogP contribution in [0.2, 0.25) is 5.02 Å². The number of hydrogen-bond donors (Lipinski definition) is 1. The van der Waals surface area contributed by atoms with Gasteiger partial charge in [-0.3, -0.25) is 0 Å². The van der Waals surface area contributed by atoms with E-state index in [4.69, 9.17) is 16.3 Å². The minimum absolute atomic E-state index is 0.117. The summed E-state index contributed by atoms with van der Waals surface area (Å²) >= 11 is 9.53. The van der Waals surface area contributed by atoms with Gasteiger partial charge in [-0.05, 0) is 37.2 Å². The Bertz CT molecular complexity index is 330. The Morgan fingerprint density at radius 1 is 1.50 bits per heavy atom. The highest BCUT2D eigenvalue weighted by Crippen LogP contribution is 2.32. The predicted octanol–water partition coefficient (Wildman–Crippen LogP) is 3.27. The van der Waals surface area contributed by atoms with Gasteiger partial charge in [-0.25, -0.2) is 0 Å². The van der Waals surface area contributed by atoms with E-state index in [0.717, 1.165) is 11.1 Å². The molecule has 0 bridgehead atoms. The van der Waals surface area contributed by atoms with Gasteiger partial charge in [0.25, 0.3) is 0 Å². The van der Waals surface area contributed by atoms with E-state index in [1.807, 2.05) is 26.1 Å². The minimum Gasteiger partial charge on any atom is -0.495 e. The molecule has 0 amide bonds. The van der Waals surface area contributed by atoms with Crippen molar-refractivity contribution in [2.75, 3.05) is 14.2 Å². The molecule has 0 aliphatic rings. The van der Waals surface area contributed by atoms with E-state index >= 15 is 0 Å². The normalized spacial score (nSPS) is 12.6. The average Bonchev–Trinajstić information content (AvgIpc) is 2.19. The third kappa shape index (κ3) is 2.41. The molecule has 0 aliphatic heterocycles. The summed E-state index contributed by atoms with van der Waals surface area (Å²) in [5.41, 5.74) is 2.26. The molecule has 78 valence electrons. The molecule has 0 heterocycles. The number of nitrogens with one attached hydrogen (secondary N) is 1. The quantitative estimate of drug-likeness (QED) is 0.677. The highest BCUT2D eigenvalue weighted by Gasteiger charge is 2.11. The van der Waals surface area contributed by atoms with E-state index in [1.165, 1.54) is 0 Å². The van der Waals surface area contributed by atoms with Crippen LogP contribution in [0.3, 0.4) is 0 Å². The zero-order valence-electron chi connectivity index (χ0n) is 8.40. The smallest absolute Gasteiger partial charge is 0.137 e. The Morgan fingerprint density at radius 3 is 2.64 bits per heavy atom. The third-order valence-electron chi connectivity index (χ3n) is 2.07. The molecule has 2 nitrogen and oxygen atoms in total. The number of rotatable bonds is 3. The first kappa shape index (κ1) is 11.8. The molecule has 0 saturated heterocycles. The Labute approximate surface area is 97.7 Å². The molecule has 0 aromatic heterocycles. The van der Waals surface area contributed by atoms with Gasteiger partial charge in [0.15, 0.2) is 0 Å². The number of ether oxygens (including phenoxy) is 1. The number of hydrogen-bond acceptors (Lipinski definition) is 2. The second-order valence-electron chi connectivity index (χ2n) is 2.99. The lowest BCUT2D eigenvalue weighted by Gasteiger charge is -2.14. The molecule has 0 radical (unpaired) electrons. The standard InChI is InChI=1S/C10H13BrClNO/c1-6-4-9(14-3)8(12)5-7(6)10(11)13-2/h4-5,10,13H,1-3H3. The van der Waals surface area contributed by atoms with Gasteiger partial charge in [-0.1, -0.05) is 27.5 Å². The highest BCUT2D eigenvalue weighted by atomic mass is 79.9. The molecular formula is C10H13BrClNO. The zero-order valence-corrected chi connectivity index (χ0v) is 10.7. The molecule has 0 aliphatic carbocycles. The summed E-state index contributed by atoms with van der Waals surface area (Å²) in [5, 5.41) is 3.74. The van der Waals surface area contributed by atoms with Gasteiger partial charge in [0.2, 0.25) is 0 Å². The number of halogens is 2. The number of alkyl halides is 1. The van der Waals surface area contributed by atoms with Crippen molar-refractivity contribution >= 4 is 27.5 Å². The lowest BCUT2D eigenvalue weighted by atomic mass is 10.1. The summed E-state index contributed by atoms with van der Waals surface area (Å²) in [4.78, 5) is 0.117. The molecule has 1 atom stereocenters. The molecule has 0 spiro atoms. The molecule has 1 N–H and O–H groups in total. The molecule has 1 rings (SSSR count). The maximum Gasteiger partial charge on any atom is 0.137 e. The second-order valence-corrected chi connectivity index (χ2v) is 4.32.